The molecule has 92 valence electrons. The van der Waals surface area contributed by atoms with Crippen molar-refractivity contribution in [2.45, 2.75) is 19.4 Å². The van der Waals surface area contributed by atoms with Crippen LogP contribution < -0.4 is 11.1 Å². The number of hydrogen-bond donors (Lipinski definition) is 3. The molecule has 5 nitrogen and oxygen atoms in total. The number of nitrogens with two attached hydrogens (primary N) is 1. The van der Waals surface area contributed by atoms with Gasteiger partial charge in [-0.1, -0.05) is 17.3 Å². The second kappa shape index (κ2) is 5.83. The van der Waals surface area contributed by atoms with Gasteiger partial charge in [0.1, 0.15) is 11.7 Å². The molecule has 0 aliphatic heterocycles. The van der Waals surface area contributed by atoms with Crippen molar-refractivity contribution in [1.82, 2.24) is 5.32 Å². The Morgan fingerprint density at radius 3 is 2.82 bits per heavy atom. The number of benzene rings is 1. The number of rotatable bonds is 4. The molecule has 0 aliphatic carbocycles. The molecule has 4 N–H and O–H groups in total. The van der Waals surface area contributed by atoms with Crippen LogP contribution in [0.1, 0.15) is 23.7 Å². The minimum Gasteiger partial charge on any atom is -0.409 e. The van der Waals surface area contributed by atoms with Crippen LogP contribution in [0.3, 0.4) is 0 Å². The highest BCUT2D eigenvalue weighted by atomic mass is 19.1. The maximum Gasteiger partial charge on any atom is 0.254 e. The molecule has 0 saturated carbocycles. The molecule has 0 radical (unpaired) electrons. The molecule has 0 saturated heterocycles. The van der Waals surface area contributed by atoms with Crippen molar-refractivity contribution in [3.05, 3.63) is 35.6 Å². The third kappa shape index (κ3) is 3.75. The average molecular weight is 239 g/mol. The number of halogens is 1. The lowest BCUT2D eigenvalue weighted by Gasteiger charge is -2.13. The zero-order valence-corrected chi connectivity index (χ0v) is 9.35. The molecule has 1 atom stereocenters. The molecule has 0 aliphatic rings. The van der Waals surface area contributed by atoms with Gasteiger partial charge in [-0.25, -0.2) is 4.39 Å². The van der Waals surface area contributed by atoms with E-state index in [1.807, 2.05) is 0 Å². The second-order valence-corrected chi connectivity index (χ2v) is 3.65. The third-order valence-corrected chi connectivity index (χ3v) is 2.14. The van der Waals surface area contributed by atoms with Gasteiger partial charge in [-0.2, -0.15) is 0 Å². The number of carbonyl (C=O) groups is 1. The summed E-state index contributed by atoms with van der Waals surface area (Å²) >= 11 is 0. The molecule has 1 amide bonds. The molecule has 17 heavy (non-hydrogen) atoms. The van der Waals surface area contributed by atoms with Gasteiger partial charge >= 0.3 is 0 Å². The lowest BCUT2D eigenvalue weighted by atomic mass is 10.1. The fourth-order valence-electron chi connectivity index (χ4n) is 1.35. The summed E-state index contributed by atoms with van der Waals surface area (Å²) in [6, 6.07) is 5.33. The molecule has 1 rings (SSSR count). The molecule has 6 heteroatoms. The number of oxime groups is 1. The summed E-state index contributed by atoms with van der Waals surface area (Å²) in [5, 5.41) is 13.7. The number of carbonyl (C=O) groups excluding carboxylic acids is 1. The first-order chi connectivity index (χ1) is 8.04. The van der Waals surface area contributed by atoms with Crippen LogP contribution in [0.25, 0.3) is 0 Å². The largest absolute Gasteiger partial charge is 0.409 e. The van der Waals surface area contributed by atoms with Gasteiger partial charge in [-0.05, 0) is 19.1 Å². The summed E-state index contributed by atoms with van der Waals surface area (Å²) in [6.45, 7) is 1.68. The van der Waals surface area contributed by atoms with E-state index in [1.54, 1.807) is 13.0 Å². The van der Waals surface area contributed by atoms with Gasteiger partial charge in [0, 0.05) is 12.5 Å². The van der Waals surface area contributed by atoms with Gasteiger partial charge in [0.15, 0.2) is 0 Å². The van der Waals surface area contributed by atoms with Crippen LogP contribution in [0.2, 0.25) is 0 Å². The Bertz CT molecular complexity index is 434. The first-order valence-corrected chi connectivity index (χ1v) is 5.06. The first kappa shape index (κ1) is 13.0. The quantitative estimate of drug-likeness (QED) is 0.318. The van der Waals surface area contributed by atoms with E-state index >= 15 is 0 Å². The maximum atomic E-state index is 13.3. The highest BCUT2D eigenvalue weighted by Gasteiger charge is 2.14. The molecule has 1 aromatic rings. The molecule has 1 aromatic carbocycles. The summed E-state index contributed by atoms with van der Waals surface area (Å²) in [5.74, 6) is -1.10. The van der Waals surface area contributed by atoms with Gasteiger partial charge in [0.25, 0.3) is 5.91 Å². The molecule has 0 heterocycles. The van der Waals surface area contributed by atoms with Gasteiger partial charge in [-0.3, -0.25) is 4.79 Å². The van der Waals surface area contributed by atoms with Crippen LogP contribution in [0.15, 0.2) is 29.4 Å². The van der Waals surface area contributed by atoms with Crippen LogP contribution in [-0.4, -0.2) is 23.0 Å². The summed E-state index contributed by atoms with van der Waals surface area (Å²) < 4.78 is 13.3. The lowest BCUT2D eigenvalue weighted by Crippen LogP contribution is -2.36. The molecular weight excluding hydrogens is 225 g/mol. The van der Waals surface area contributed by atoms with Crippen molar-refractivity contribution < 1.29 is 14.4 Å². The monoisotopic (exact) mass is 239 g/mol. The Labute approximate surface area is 98.1 Å². The minimum absolute atomic E-state index is 0.00586. The molecule has 0 fully saturated rings. The van der Waals surface area contributed by atoms with Crippen LogP contribution in [0, 0.1) is 5.82 Å². The Morgan fingerprint density at radius 1 is 1.59 bits per heavy atom. The Morgan fingerprint density at radius 2 is 2.24 bits per heavy atom. The van der Waals surface area contributed by atoms with Crippen molar-refractivity contribution in [2.75, 3.05) is 0 Å². The molecule has 0 bridgehead atoms. The Kier molecular flexibility index (Phi) is 4.45. The van der Waals surface area contributed by atoms with E-state index < -0.39 is 11.7 Å². The predicted octanol–water partition coefficient (Wildman–Crippen LogP) is 1.08. The normalized spacial score (nSPS) is 13.2. The topological polar surface area (TPSA) is 87.7 Å². The molecule has 1 unspecified atom stereocenters. The van der Waals surface area contributed by atoms with Gasteiger partial charge in [0.2, 0.25) is 0 Å². The van der Waals surface area contributed by atoms with E-state index in [9.17, 15) is 9.18 Å². The lowest BCUT2D eigenvalue weighted by molar-refractivity contribution is 0.0937. The number of amides is 1. The fourth-order valence-corrected chi connectivity index (χ4v) is 1.35. The molecule has 0 aromatic heterocycles. The second-order valence-electron chi connectivity index (χ2n) is 3.65. The number of nitrogens with one attached hydrogen (secondary N) is 1. The number of nitrogens with zero attached hydrogens (tertiary/aromatic N) is 1. The van der Waals surface area contributed by atoms with Crippen LogP contribution in [0.4, 0.5) is 4.39 Å². The Balaban J connectivity index is 2.64. The summed E-state index contributed by atoms with van der Waals surface area (Å²) in [7, 11) is 0. The minimum atomic E-state index is -0.582. The van der Waals surface area contributed by atoms with E-state index in [-0.39, 0.29) is 23.9 Å². The van der Waals surface area contributed by atoms with Crippen molar-refractivity contribution >= 4 is 11.7 Å². The summed E-state index contributed by atoms with van der Waals surface area (Å²) in [4.78, 5) is 11.7. The average Bonchev–Trinajstić information content (AvgIpc) is 2.29. The van der Waals surface area contributed by atoms with Gasteiger partial charge < -0.3 is 16.3 Å². The standard InChI is InChI=1S/C11H14FN3O2/c1-7(6-10(13)15-17)14-11(16)8-4-2-3-5-9(8)12/h2-5,7,17H,6H2,1H3,(H2,13,15)(H,14,16). The van der Waals surface area contributed by atoms with E-state index in [1.165, 1.54) is 18.2 Å². The predicted molar refractivity (Wildman–Crippen MR) is 61.4 cm³/mol. The smallest absolute Gasteiger partial charge is 0.254 e. The third-order valence-electron chi connectivity index (χ3n) is 2.14. The van der Waals surface area contributed by atoms with Crippen molar-refractivity contribution in [3.8, 4) is 0 Å². The Hall–Kier alpha value is -2.11. The highest BCUT2D eigenvalue weighted by Crippen LogP contribution is 2.06. The van der Waals surface area contributed by atoms with Crippen LogP contribution >= 0.6 is 0 Å². The maximum absolute atomic E-state index is 13.3. The SMILES string of the molecule is CC(CC(N)=NO)NC(=O)c1ccccc1F. The molecule has 0 spiro atoms. The van der Waals surface area contributed by atoms with E-state index in [0.29, 0.717) is 0 Å². The van der Waals surface area contributed by atoms with E-state index in [2.05, 4.69) is 10.5 Å². The van der Waals surface area contributed by atoms with Gasteiger partial charge in [-0.15, -0.1) is 0 Å². The highest BCUT2D eigenvalue weighted by molar-refractivity contribution is 5.95. The first-order valence-electron chi connectivity index (χ1n) is 5.06. The van der Waals surface area contributed by atoms with Crippen LogP contribution in [-0.2, 0) is 0 Å². The van der Waals surface area contributed by atoms with Gasteiger partial charge in [0.05, 0.1) is 5.56 Å². The number of hydrogen-bond acceptors (Lipinski definition) is 3. The zero-order valence-electron chi connectivity index (χ0n) is 9.35. The molecular formula is C11H14FN3O2. The summed E-state index contributed by atoms with van der Waals surface area (Å²) in [6.07, 6.45) is 0.191. The van der Waals surface area contributed by atoms with E-state index in [4.69, 9.17) is 10.9 Å². The fraction of sp³-hybridized carbons (Fsp3) is 0.273. The number of amidine groups is 1. The van der Waals surface area contributed by atoms with Crippen molar-refractivity contribution in [2.24, 2.45) is 10.9 Å². The van der Waals surface area contributed by atoms with Crippen molar-refractivity contribution in [1.29, 1.82) is 0 Å². The zero-order chi connectivity index (χ0) is 12.8. The summed E-state index contributed by atoms with van der Waals surface area (Å²) in [5.41, 5.74) is 5.26. The van der Waals surface area contributed by atoms with Crippen LogP contribution in [0.5, 0.6) is 0 Å². The van der Waals surface area contributed by atoms with Crippen molar-refractivity contribution in [3.63, 3.8) is 0 Å². The van der Waals surface area contributed by atoms with E-state index in [0.717, 1.165) is 0 Å².